The van der Waals surface area contributed by atoms with Crippen molar-refractivity contribution in [3.63, 3.8) is 0 Å². The Hall–Kier alpha value is -2.30. The van der Waals surface area contributed by atoms with E-state index in [-0.39, 0.29) is 12.1 Å². The molecule has 5 heteroatoms. The lowest BCUT2D eigenvalue weighted by Gasteiger charge is -2.22. The molecular weight excluding hydrogens is 336 g/mol. The third kappa shape index (κ3) is 4.71. The van der Waals surface area contributed by atoms with Crippen LogP contribution in [0.4, 0.5) is 10.6 Å². The number of benzene rings is 1. The van der Waals surface area contributed by atoms with E-state index in [9.17, 15) is 4.79 Å². The Morgan fingerprint density at radius 3 is 2.70 bits per heavy atom. The summed E-state index contributed by atoms with van der Waals surface area (Å²) in [6.07, 6.45) is 7.30. The molecule has 0 aliphatic heterocycles. The lowest BCUT2D eigenvalue weighted by Crippen LogP contribution is -2.39. The van der Waals surface area contributed by atoms with Gasteiger partial charge in [-0.05, 0) is 50.2 Å². The molecule has 27 heavy (non-hydrogen) atoms. The van der Waals surface area contributed by atoms with Gasteiger partial charge >= 0.3 is 6.03 Å². The first kappa shape index (κ1) is 19.5. The fraction of sp³-hybridized carbons (Fsp3) is 0.545. The van der Waals surface area contributed by atoms with Gasteiger partial charge in [0.2, 0.25) is 0 Å². The van der Waals surface area contributed by atoms with Gasteiger partial charge in [0, 0.05) is 11.6 Å². The number of carbonyl (C=O) groups is 1. The second kappa shape index (κ2) is 9.07. The molecule has 1 unspecified atom stereocenters. The van der Waals surface area contributed by atoms with Crippen LogP contribution < -0.4 is 10.6 Å². The number of aromatic nitrogens is 2. The number of rotatable bonds is 8. The zero-order chi connectivity index (χ0) is 19.2. The summed E-state index contributed by atoms with van der Waals surface area (Å²) in [7, 11) is 0. The van der Waals surface area contributed by atoms with Crippen LogP contribution in [0.3, 0.4) is 0 Å². The Balaban J connectivity index is 1.77. The number of nitrogens with one attached hydrogen (secondary N) is 2. The van der Waals surface area contributed by atoms with Crippen molar-refractivity contribution in [3.8, 4) is 5.69 Å². The number of carbonyl (C=O) groups excluding carboxylic acids is 1. The van der Waals surface area contributed by atoms with Crippen LogP contribution >= 0.6 is 0 Å². The molecule has 3 rings (SSSR count). The molecule has 0 saturated carbocycles. The van der Waals surface area contributed by atoms with Gasteiger partial charge < -0.3 is 5.32 Å². The SMILES string of the molecule is CCC[C@H](CC(C)CC)NC(=O)Nc1c2c(nn1-c1ccccc1)CCC2. The van der Waals surface area contributed by atoms with Crippen molar-refractivity contribution in [2.24, 2.45) is 5.92 Å². The van der Waals surface area contributed by atoms with Gasteiger partial charge in [0.15, 0.2) is 0 Å². The quantitative estimate of drug-likeness (QED) is 0.682. The Labute approximate surface area is 162 Å². The Morgan fingerprint density at radius 1 is 1.22 bits per heavy atom. The van der Waals surface area contributed by atoms with Crippen LogP contribution in [0, 0.1) is 5.92 Å². The number of anilines is 1. The van der Waals surface area contributed by atoms with E-state index in [0.29, 0.717) is 5.92 Å². The van der Waals surface area contributed by atoms with Crippen LogP contribution in [0.15, 0.2) is 30.3 Å². The third-order valence-electron chi connectivity index (χ3n) is 5.50. The first-order chi connectivity index (χ1) is 13.1. The van der Waals surface area contributed by atoms with Gasteiger partial charge in [-0.1, -0.05) is 51.8 Å². The average molecular weight is 369 g/mol. The first-order valence-electron chi connectivity index (χ1n) is 10.4. The zero-order valence-corrected chi connectivity index (χ0v) is 16.8. The third-order valence-corrected chi connectivity index (χ3v) is 5.50. The monoisotopic (exact) mass is 368 g/mol. The van der Waals surface area contributed by atoms with Gasteiger partial charge in [-0.25, -0.2) is 9.48 Å². The summed E-state index contributed by atoms with van der Waals surface area (Å²) in [4.78, 5) is 12.8. The Bertz CT molecular complexity index is 753. The van der Waals surface area contributed by atoms with E-state index in [0.717, 1.165) is 62.1 Å². The molecule has 1 heterocycles. The summed E-state index contributed by atoms with van der Waals surface area (Å²) in [6.45, 7) is 6.62. The number of aryl methyl sites for hydroxylation is 1. The van der Waals surface area contributed by atoms with E-state index in [1.165, 1.54) is 5.56 Å². The van der Waals surface area contributed by atoms with Crippen molar-refractivity contribution >= 4 is 11.8 Å². The molecule has 1 aliphatic carbocycles. The summed E-state index contributed by atoms with van der Waals surface area (Å²) < 4.78 is 1.88. The van der Waals surface area contributed by atoms with E-state index in [1.807, 2.05) is 35.0 Å². The molecule has 0 bridgehead atoms. The molecule has 2 atom stereocenters. The molecule has 0 spiro atoms. The molecule has 2 aromatic rings. The highest BCUT2D eigenvalue weighted by Crippen LogP contribution is 2.31. The molecule has 5 nitrogen and oxygen atoms in total. The minimum Gasteiger partial charge on any atom is -0.335 e. The van der Waals surface area contributed by atoms with E-state index in [4.69, 9.17) is 5.10 Å². The summed E-state index contributed by atoms with van der Waals surface area (Å²) >= 11 is 0. The number of hydrogen-bond acceptors (Lipinski definition) is 2. The van der Waals surface area contributed by atoms with Gasteiger partial charge in [0.25, 0.3) is 0 Å². The van der Waals surface area contributed by atoms with Crippen LogP contribution in [0.2, 0.25) is 0 Å². The molecule has 146 valence electrons. The number of urea groups is 1. The first-order valence-corrected chi connectivity index (χ1v) is 10.4. The van der Waals surface area contributed by atoms with Crippen molar-refractivity contribution in [3.05, 3.63) is 41.6 Å². The van der Waals surface area contributed by atoms with Gasteiger partial charge in [-0.15, -0.1) is 0 Å². The smallest absolute Gasteiger partial charge is 0.320 e. The van der Waals surface area contributed by atoms with Gasteiger partial charge in [0.05, 0.1) is 11.4 Å². The van der Waals surface area contributed by atoms with E-state index in [1.54, 1.807) is 0 Å². The van der Waals surface area contributed by atoms with Crippen LogP contribution in [0.1, 0.15) is 64.1 Å². The maximum atomic E-state index is 12.8. The highest BCUT2D eigenvalue weighted by atomic mass is 16.2. The van der Waals surface area contributed by atoms with Gasteiger partial charge in [-0.3, -0.25) is 5.32 Å². The van der Waals surface area contributed by atoms with Crippen LogP contribution in [-0.2, 0) is 12.8 Å². The van der Waals surface area contributed by atoms with Crippen molar-refractivity contribution in [2.75, 3.05) is 5.32 Å². The normalized spacial score (nSPS) is 15.2. The number of amides is 2. The summed E-state index contributed by atoms with van der Waals surface area (Å²) in [5.41, 5.74) is 3.27. The molecule has 0 fully saturated rings. The Kier molecular flexibility index (Phi) is 6.54. The fourth-order valence-corrected chi connectivity index (χ4v) is 3.85. The van der Waals surface area contributed by atoms with E-state index < -0.39 is 0 Å². The lowest BCUT2D eigenvalue weighted by atomic mass is 9.96. The van der Waals surface area contributed by atoms with Crippen molar-refractivity contribution in [1.82, 2.24) is 15.1 Å². The molecule has 0 radical (unpaired) electrons. The predicted molar refractivity (Wildman–Crippen MR) is 111 cm³/mol. The number of hydrogen-bond donors (Lipinski definition) is 2. The van der Waals surface area contributed by atoms with Crippen LogP contribution in [0.5, 0.6) is 0 Å². The highest BCUT2D eigenvalue weighted by Gasteiger charge is 2.25. The fourth-order valence-electron chi connectivity index (χ4n) is 3.85. The molecule has 1 aromatic heterocycles. The topological polar surface area (TPSA) is 59.0 Å². The Morgan fingerprint density at radius 2 is 2.00 bits per heavy atom. The lowest BCUT2D eigenvalue weighted by molar-refractivity contribution is 0.244. The van der Waals surface area contributed by atoms with Crippen LogP contribution in [-0.4, -0.2) is 21.9 Å². The predicted octanol–water partition coefficient (Wildman–Crippen LogP) is 5.09. The van der Waals surface area contributed by atoms with E-state index >= 15 is 0 Å². The summed E-state index contributed by atoms with van der Waals surface area (Å²) in [5.74, 6) is 1.44. The second-order valence-electron chi connectivity index (χ2n) is 7.71. The molecule has 2 amide bonds. The van der Waals surface area contributed by atoms with Crippen molar-refractivity contribution in [2.45, 2.75) is 71.8 Å². The molecule has 0 saturated heterocycles. The second-order valence-corrected chi connectivity index (χ2v) is 7.71. The summed E-state index contributed by atoms with van der Waals surface area (Å²) in [6, 6.07) is 10.1. The minimum atomic E-state index is -0.122. The molecule has 1 aliphatic rings. The standard InChI is InChI=1S/C22H32N4O/c1-4-10-17(15-16(3)5-2)23-22(27)24-21-19-13-9-14-20(19)25-26(21)18-11-7-6-8-12-18/h6-8,11-12,16-17H,4-5,9-10,13-15H2,1-3H3,(H2,23,24,27)/t16?,17-/m1/s1. The minimum absolute atomic E-state index is 0.122. The van der Waals surface area contributed by atoms with E-state index in [2.05, 4.69) is 31.4 Å². The van der Waals surface area contributed by atoms with Gasteiger partial charge in [-0.2, -0.15) is 5.10 Å². The summed E-state index contributed by atoms with van der Waals surface area (Å²) in [5, 5.41) is 11.1. The molecular formula is C22H32N4O. The zero-order valence-electron chi connectivity index (χ0n) is 16.8. The number of para-hydroxylation sites is 1. The average Bonchev–Trinajstić information content (AvgIpc) is 3.25. The van der Waals surface area contributed by atoms with Crippen LogP contribution in [0.25, 0.3) is 5.69 Å². The maximum absolute atomic E-state index is 12.8. The molecule has 1 aromatic carbocycles. The van der Waals surface area contributed by atoms with Crippen molar-refractivity contribution < 1.29 is 4.79 Å². The highest BCUT2D eigenvalue weighted by molar-refractivity contribution is 5.90. The molecule has 2 N–H and O–H groups in total. The van der Waals surface area contributed by atoms with Gasteiger partial charge in [0.1, 0.15) is 5.82 Å². The number of nitrogens with zero attached hydrogens (tertiary/aromatic N) is 2. The maximum Gasteiger partial charge on any atom is 0.320 e. The van der Waals surface area contributed by atoms with Crippen molar-refractivity contribution in [1.29, 1.82) is 0 Å². The largest absolute Gasteiger partial charge is 0.335 e. The number of fused-ring (bicyclic) bond motifs is 1.